The van der Waals surface area contributed by atoms with Crippen LogP contribution in [-0.2, 0) is 20.7 Å². The van der Waals surface area contributed by atoms with Gasteiger partial charge in [-0.1, -0.05) is 31.4 Å². The van der Waals surface area contributed by atoms with Crippen molar-refractivity contribution in [2.75, 3.05) is 0 Å². The number of carbonyl (C=O) groups is 1. The van der Waals surface area contributed by atoms with Crippen molar-refractivity contribution in [1.29, 1.82) is 0 Å². The molecular weight excluding hydrogens is 332 g/mol. The number of carbonyl (C=O) groups excluding carboxylic acids is 1. The maximum Gasteiger partial charge on any atom is 0.311 e. The molecule has 0 unspecified atom stereocenters. The van der Waals surface area contributed by atoms with Crippen molar-refractivity contribution in [3.05, 3.63) is 35.8 Å². The Morgan fingerprint density at radius 1 is 1.50 bits per heavy atom. The highest BCUT2D eigenvalue weighted by atomic mass is 16.8. The van der Waals surface area contributed by atoms with Crippen LogP contribution in [0.2, 0.25) is 0 Å². The standard InChI is InChI=1S/C21H30O5/c1-15(5-3-7-17-8-10-24-14-17)11-18(22)12-16(2)6-4-9-21-13-19(23)25-20(21)26-21/h5,8,10,14,16,18,20,22H,3-4,6-7,9,11-13H2,1-2H3/b15-5+/t16-,18+,20+,21+/m0/s1. The molecule has 5 heteroatoms. The quantitative estimate of drug-likeness (QED) is 0.364. The van der Waals surface area contributed by atoms with Crippen LogP contribution in [0.1, 0.15) is 64.4 Å². The molecule has 0 spiro atoms. The highest BCUT2D eigenvalue weighted by Gasteiger charge is 2.65. The van der Waals surface area contributed by atoms with Crippen molar-refractivity contribution in [2.45, 2.75) is 83.2 Å². The van der Waals surface area contributed by atoms with Crippen molar-refractivity contribution >= 4 is 5.97 Å². The number of aliphatic hydroxyl groups excluding tert-OH is 1. The van der Waals surface area contributed by atoms with Crippen molar-refractivity contribution in [1.82, 2.24) is 0 Å². The average Bonchev–Trinajstić information content (AvgIpc) is 2.92. The third kappa shape index (κ3) is 5.21. The van der Waals surface area contributed by atoms with E-state index in [9.17, 15) is 9.90 Å². The molecule has 0 saturated carbocycles. The molecule has 2 aliphatic rings. The smallest absolute Gasteiger partial charge is 0.311 e. The number of fused-ring (bicyclic) bond motifs is 1. The first-order valence-electron chi connectivity index (χ1n) is 9.69. The molecular formula is C21H30O5. The van der Waals surface area contributed by atoms with E-state index in [2.05, 4.69) is 19.9 Å². The topological polar surface area (TPSA) is 72.2 Å². The van der Waals surface area contributed by atoms with Gasteiger partial charge in [-0.25, -0.2) is 0 Å². The summed E-state index contributed by atoms with van der Waals surface area (Å²) in [6, 6.07) is 1.99. The van der Waals surface area contributed by atoms with Crippen LogP contribution in [-0.4, -0.2) is 29.1 Å². The number of rotatable bonds is 11. The van der Waals surface area contributed by atoms with Crippen LogP contribution in [0.4, 0.5) is 0 Å². The first-order chi connectivity index (χ1) is 12.5. The first-order valence-corrected chi connectivity index (χ1v) is 9.69. The molecule has 4 atom stereocenters. The maximum atomic E-state index is 11.2. The molecule has 1 N–H and O–H groups in total. The van der Waals surface area contributed by atoms with Crippen molar-refractivity contribution < 1.29 is 23.8 Å². The molecule has 1 aromatic heterocycles. The zero-order valence-corrected chi connectivity index (χ0v) is 15.8. The number of ether oxygens (including phenoxy) is 2. The lowest BCUT2D eigenvalue weighted by atomic mass is 9.91. The number of allylic oxidation sites excluding steroid dienone is 1. The second-order valence-corrected chi connectivity index (χ2v) is 7.99. The van der Waals surface area contributed by atoms with Crippen LogP contribution in [0.25, 0.3) is 0 Å². The molecule has 2 fully saturated rings. The number of furan rings is 1. The van der Waals surface area contributed by atoms with Crippen LogP contribution in [0.5, 0.6) is 0 Å². The Morgan fingerprint density at radius 2 is 2.35 bits per heavy atom. The van der Waals surface area contributed by atoms with Gasteiger partial charge in [0.05, 0.1) is 25.1 Å². The summed E-state index contributed by atoms with van der Waals surface area (Å²) in [7, 11) is 0. The Balaban J connectivity index is 1.28. The Kier molecular flexibility index (Phi) is 6.20. The number of epoxide rings is 1. The van der Waals surface area contributed by atoms with Crippen molar-refractivity contribution in [3.8, 4) is 0 Å². The zero-order chi connectivity index (χ0) is 18.6. The number of esters is 1. The SMILES string of the molecule is C/C(=C\CCc1ccoc1)C[C@@H](O)C[C@@H](C)CCC[C@@]12CC(=O)O[C@@H]1O2. The molecule has 3 heterocycles. The van der Waals surface area contributed by atoms with E-state index in [1.165, 1.54) is 11.1 Å². The summed E-state index contributed by atoms with van der Waals surface area (Å²) in [4.78, 5) is 11.2. The highest BCUT2D eigenvalue weighted by Crippen LogP contribution is 2.49. The third-order valence-electron chi connectivity index (χ3n) is 5.43. The number of aryl methyl sites for hydroxylation is 1. The second-order valence-electron chi connectivity index (χ2n) is 7.99. The van der Waals surface area contributed by atoms with E-state index in [4.69, 9.17) is 13.9 Å². The molecule has 0 bridgehead atoms. The summed E-state index contributed by atoms with van der Waals surface area (Å²) in [5.41, 5.74) is 2.13. The zero-order valence-electron chi connectivity index (χ0n) is 15.8. The van der Waals surface area contributed by atoms with Gasteiger partial charge in [-0.15, -0.1) is 0 Å². The minimum Gasteiger partial charge on any atom is -0.472 e. The van der Waals surface area contributed by atoms with E-state index in [1.807, 2.05) is 6.07 Å². The third-order valence-corrected chi connectivity index (χ3v) is 5.43. The van der Waals surface area contributed by atoms with E-state index in [0.717, 1.165) is 44.9 Å². The van der Waals surface area contributed by atoms with Gasteiger partial charge in [-0.05, 0) is 56.6 Å². The maximum absolute atomic E-state index is 11.2. The average molecular weight is 362 g/mol. The highest BCUT2D eigenvalue weighted by molar-refractivity contribution is 5.74. The molecule has 144 valence electrons. The Bertz CT molecular complexity index is 620. The Labute approximate surface area is 155 Å². The largest absolute Gasteiger partial charge is 0.472 e. The molecule has 2 aliphatic heterocycles. The van der Waals surface area contributed by atoms with Gasteiger partial charge < -0.3 is 19.0 Å². The van der Waals surface area contributed by atoms with Crippen LogP contribution in [0.15, 0.2) is 34.7 Å². The predicted molar refractivity (Wildman–Crippen MR) is 97.4 cm³/mol. The summed E-state index contributed by atoms with van der Waals surface area (Å²) >= 11 is 0. The summed E-state index contributed by atoms with van der Waals surface area (Å²) in [5, 5.41) is 10.3. The van der Waals surface area contributed by atoms with Gasteiger partial charge in [0.15, 0.2) is 0 Å². The fourth-order valence-electron chi connectivity index (χ4n) is 3.90. The Morgan fingerprint density at radius 3 is 3.04 bits per heavy atom. The molecule has 1 aromatic rings. The lowest BCUT2D eigenvalue weighted by molar-refractivity contribution is -0.147. The molecule has 0 radical (unpaired) electrons. The van der Waals surface area contributed by atoms with E-state index in [1.54, 1.807) is 12.5 Å². The summed E-state index contributed by atoms with van der Waals surface area (Å²) in [5.74, 6) is 0.315. The van der Waals surface area contributed by atoms with Crippen LogP contribution in [0.3, 0.4) is 0 Å². The van der Waals surface area contributed by atoms with Gasteiger partial charge in [0.25, 0.3) is 0 Å². The van der Waals surface area contributed by atoms with Gasteiger partial charge in [0.2, 0.25) is 6.29 Å². The molecule has 26 heavy (non-hydrogen) atoms. The van der Waals surface area contributed by atoms with Crippen molar-refractivity contribution in [2.24, 2.45) is 5.92 Å². The van der Waals surface area contributed by atoms with E-state index in [-0.39, 0.29) is 24.0 Å². The van der Waals surface area contributed by atoms with Gasteiger partial charge >= 0.3 is 5.97 Å². The van der Waals surface area contributed by atoms with Crippen molar-refractivity contribution in [3.63, 3.8) is 0 Å². The fourth-order valence-corrected chi connectivity index (χ4v) is 3.90. The normalized spacial score (nSPS) is 27.1. The molecule has 0 aliphatic carbocycles. The second kappa shape index (κ2) is 8.40. The lowest BCUT2D eigenvalue weighted by Gasteiger charge is -2.17. The van der Waals surface area contributed by atoms with Gasteiger partial charge in [-0.2, -0.15) is 0 Å². The summed E-state index contributed by atoms with van der Waals surface area (Å²) < 4.78 is 15.6. The van der Waals surface area contributed by atoms with Gasteiger partial charge in [0, 0.05) is 0 Å². The first kappa shape index (κ1) is 19.2. The predicted octanol–water partition coefficient (Wildman–Crippen LogP) is 4.15. The van der Waals surface area contributed by atoms with Gasteiger partial charge in [0.1, 0.15) is 5.60 Å². The van der Waals surface area contributed by atoms with Crippen LogP contribution < -0.4 is 0 Å². The van der Waals surface area contributed by atoms with Gasteiger partial charge in [-0.3, -0.25) is 4.79 Å². The lowest BCUT2D eigenvalue weighted by Crippen LogP contribution is -2.14. The number of aliphatic hydroxyl groups is 1. The van der Waals surface area contributed by atoms with Crippen LogP contribution >= 0.6 is 0 Å². The Hall–Kier alpha value is -1.59. The van der Waals surface area contributed by atoms with E-state index in [0.29, 0.717) is 12.3 Å². The van der Waals surface area contributed by atoms with E-state index < -0.39 is 0 Å². The molecule has 0 aromatic carbocycles. The molecule has 0 amide bonds. The minimum atomic E-state index is -0.316. The molecule has 2 saturated heterocycles. The minimum absolute atomic E-state index is 0.139. The number of hydrogen-bond donors (Lipinski definition) is 1. The monoisotopic (exact) mass is 362 g/mol. The summed E-state index contributed by atoms with van der Waals surface area (Å²) in [6.07, 6.45) is 11.9. The fraction of sp³-hybridized carbons (Fsp3) is 0.667. The molecule has 5 nitrogen and oxygen atoms in total. The van der Waals surface area contributed by atoms with E-state index >= 15 is 0 Å². The summed E-state index contributed by atoms with van der Waals surface area (Å²) in [6.45, 7) is 4.27. The van der Waals surface area contributed by atoms with Crippen LogP contribution in [0, 0.1) is 5.92 Å². The molecule has 3 rings (SSSR count). The number of hydrogen-bond acceptors (Lipinski definition) is 5.